The molecule has 3 heteroatoms. The van der Waals surface area contributed by atoms with Gasteiger partial charge in [0.15, 0.2) is 5.75 Å². The zero-order valence-electron chi connectivity index (χ0n) is 14.8. The highest BCUT2D eigenvalue weighted by Crippen LogP contribution is 2.38. The first-order valence-corrected chi connectivity index (χ1v) is 8.44. The minimum Gasteiger partial charge on any atom is -0.489 e. The molecule has 0 radical (unpaired) electrons. The van der Waals surface area contributed by atoms with E-state index in [0.717, 1.165) is 34.7 Å². The molecule has 0 aliphatic carbocycles. The fourth-order valence-electron chi connectivity index (χ4n) is 2.77. The lowest BCUT2D eigenvalue weighted by Crippen LogP contribution is -1.98. The maximum absolute atomic E-state index is 6.12. The molecule has 24 heavy (non-hydrogen) atoms. The average molecular weight is 320 g/mol. The van der Waals surface area contributed by atoms with Gasteiger partial charge >= 0.3 is 0 Å². The summed E-state index contributed by atoms with van der Waals surface area (Å²) in [5.41, 5.74) is 6.63. The van der Waals surface area contributed by atoms with E-state index in [4.69, 9.17) is 9.84 Å². The number of hydrogen-bond donors (Lipinski definition) is 0. The molecular formula is C21H24N2O. The predicted molar refractivity (Wildman–Crippen MR) is 99.3 cm³/mol. The van der Waals surface area contributed by atoms with Crippen molar-refractivity contribution in [3.8, 4) is 28.3 Å². The van der Waals surface area contributed by atoms with Gasteiger partial charge in [-0.2, -0.15) is 5.10 Å². The van der Waals surface area contributed by atoms with Crippen LogP contribution in [0.5, 0.6) is 5.75 Å². The highest BCUT2D eigenvalue weighted by Gasteiger charge is 2.20. The summed E-state index contributed by atoms with van der Waals surface area (Å²) >= 11 is 0. The van der Waals surface area contributed by atoms with Crippen LogP contribution in [0.25, 0.3) is 22.5 Å². The van der Waals surface area contributed by atoms with Crippen LogP contribution in [0.15, 0.2) is 48.5 Å². The van der Waals surface area contributed by atoms with Crippen LogP contribution in [0, 0.1) is 13.8 Å². The zero-order valence-corrected chi connectivity index (χ0v) is 14.8. The molecule has 1 heterocycles. The summed E-state index contributed by atoms with van der Waals surface area (Å²) in [6, 6.07) is 16.9. The van der Waals surface area contributed by atoms with Crippen LogP contribution >= 0.6 is 0 Å². The Labute approximate surface area is 143 Å². The molecule has 0 atom stereocenters. The number of ether oxygens (including phenoxy) is 1. The van der Waals surface area contributed by atoms with Crippen molar-refractivity contribution >= 4 is 0 Å². The monoisotopic (exact) mass is 320 g/mol. The van der Waals surface area contributed by atoms with Crippen molar-refractivity contribution in [3.05, 3.63) is 59.7 Å². The third-order valence-electron chi connectivity index (χ3n) is 4.10. The molecule has 0 fully saturated rings. The molecule has 3 nitrogen and oxygen atoms in total. The van der Waals surface area contributed by atoms with Crippen molar-refractivity contribution < 1.29 is 4.74 Å². The van der Waals surface area contributed by atoms with Crippen LogP contribution in [-0.2, 0) is 7.05 Å². The summed E-state index contributed by atoms with van der Waals surface area (Å²) < 4.78 is 8.05. The summed E-state index contributed by atoms with van der Waals surface area (Å²) in [5.74, 6) is 0.868. The quantitative estimate of drug-likeness (QED) is 0.649. The van der Waals surface area contributed by atoms with E-state index < -0.39 is 0 Å². The lowest BCUT2D eigenvalue weighted by molar-refractivity contribution is 0.320. The van der Waals surface area contributed by atoms with Crippen LogP contribution in [-0.4, -0.2) is 16.4 Å². The van der Waals surface area contributed by atoms with E-state index in [1.54, 1.807) is 0 Å². The van der Waals surface area contributed by atoms with Crippen molar-refractivity contribution in [3.63, 3.8) is 0 Å². The molecule has 0 aliphatic rings. The SMILES string of the molecule is CCCOc1c(-c2ccc(C)cc2)nn(C)c1-c1ccc(C)cc1. The van der Waals surface area contributed by atoms with E-state index in [0.29, 0.717) is 6.61 Å². The molecule has 1 aromatic heterocycles. The number of rotatable bonds is 5. The summed E-state index contributed by atoms with van der Waals surface area (Å²) in [6.45, 7) is 6.99. The first-order chi connectivity index (χ1) is 11.6. The number of aryl methyl sites for hydroxylation is 3. The average Bonchev–Trinajstić information content (AvgIpc) is 2.91. The second-order valence-electron chi connectivity index (χ2n) is 6.23. The predicted octanol–water partition coefficient (Wildman–Crippen LogP) is 5.16. The highest BCUT2D eigenvalue weighted by molar-refractivity contribution is 5.78. The maximum atomic E-state index is 6.12. The normalized spacial score (nSPS) is 10.8. The molecule has 0 saturated carbocycles. The van der Waals surface area contributed by atoms with Crippen molar-refractivity contribution in [1.29, 1.82) is 0 Å². The lowest BCUT2D eigenvalue weighted by Gasteiger charge is -2.10. The fraction of sp³-hybridized carbons (Fsp3) is 0.286. The molecule has 0 unspecified atom stereocenters. The van der Waals surface area contributed by atoms with Gasteiger partial charge in [0.2, 0.25) is 0 Å². The maximum Gasteiger partial charge on any atom is 0.173 e. The van der Waals surface area contributed by atoms with Crippen LogP contribution < -0.4 is 4.74 Å². The molecule has 0 N–H and O–H groups in total. The minimum absolute atomic E-state index is 0.684. The standard InChI is InChI=1S/C21H24N2O/c1-5-14-24-21-19(17-10-6-15(2)7-11-17)22-23(4)20(21)18-12-8-16(3)9-13-18/h6-13H,5,14H2,1-4H3. The number of hydrogen-bond acceptors (Lipinski definition) is 2. The van der Waals surface area contributed by atoms with Crippen LogP contribution in [0.3, 0.4) is 0 Å². The molecule has 0 saturated heterocycles. The molecule has 0 spiro atoms. The third kappa shape index (κ3) is 3.21. The van der Waals surface area contributed by atoms with Crippen LogP contribution in [0.1, 0.15) is 24.5 Å². The van der Waals surface area contributed by atoms with Crippen LogP contribution in [0.2, 0.25) is 0 Å². The Hall–Kier alpha value is -2.55. The van der Waals surface area contributed by atoms with Gasteiger partial charge in [-0.05, 0) is 20.3 Å². The Morgan fingerprint density at radius 3 is 1.96 bits per heavy atom. The first kappa shape index (κ1) is 16.3. The van der Waals surface area contributed by atoms with Gasteiger partial charge < -0.3 is 4.74 Å². The second kappa shape index (κ2) is 6.91. The zero-order chi connectivity index (χ0) is 17.1. The van der Waals surface area contributed by atoms with Gasteiger partial charge in [-0.1, -0.05) is 66.6 Å². The summed E-state index contributed by atoms with van der Waals surface area (Å²) in [5, 5.41) is 4.75. The van der Waals surface area contributed by atoms with E-state index in [2.05, 4.69) is 69.3 Å². The van der Waals surface area contributed by atoms with Gasteiger partial charge in [0.1, 0.15) is 11.4 Å². The van der Waals surface area contributed by atoms with Gasteiger partial charge in [0.25, 0.3) is 0 Å². The number of aromatic nitrogens is 2. The topological polar surface area (TPSA) is 27.1 Å². The molecule has 3 aromatic rings. The third-order valence-corrected chi connectivity index (χ3v) is 4.10. The summed E-state index contributed by atoms with van der Waals surface area (Å²) in [4.78, 5) is 0. The smallest absolute Gasteiger partial charge is 0.173 e. The van der Waals surface area contributed by atoms with Crippen molar-refractivity contribution in [2.75, 3.05) is 6.61 Å². The number of nitrogens with zero attached hydrogens (tertiary/aromatic N) is 2. The Morgan fingerprint density at radius 1 is 0.875 bits per heavy atom. The summed E-state index contributed by atoms with van der Waals surface area (Å²) in [6.07, 6.45) is 0.968. The Morgan fingerprint density at radius 2 is 1.42 bits per heavy atom. The van der Waals surface area contributed by atoms with E-state index in [1.165, 1.54) is 11.1 Å². The van der Waals surface area contributed by atoms with Gasteiger partial charge in [-0.15, -0.1) is 0 Å². The van der Waals surface area contributed by atoms with Crippen molar-refractivity contribution in [1.82, 2.24) is 9.78 Å². The number of benzene rings is 2. The largest absolute Gasteiger partial charge is 0.489 e. The van der Waals surface area contributed by atoms with Gasteiger partial charge in [-0.3, -0.25) is 4.68 Å². The molecule has 2 aromatic carbocycles. The van der Waals surface area contributed by atoms with Gasteiger partial charge in [-0.25, -0.2) is 0 Å². The van der Waals surface area contributed by atoms with E-state index in [-0.39, 0.29) is 0 Å². The molecule has 0 aliphatic heterocycles. The van der Waals surface area contributed by atoms with Crippen molar-refractivity contribution in [2.24, 2.45) is 7.05 Å². The first-order valence-electron chi connectivity index (χ1n) is 8.44. The van der Waals surface area contributed by atoms with Gasteiger partial charge in [0, 0.05) is 18.2 Å². The fourth-order valence-corrected chi connectivity index (χ4v) is 2.77. The Balaban J connectivity index is 2.14. The lowest BCUT2D eigenvalue weighted by atomic mass is 10.1. The minimum atomic E-state index is 0.684. The molecular weight excluding hydrogens is 296 g/mol. The van der Waals surface area contributed by atoms with E-state index >= 15 is 0 Å². The highest BCUT2D eigenvalue weighted by atomic mass is 16.5. The Bertz CT molecular complexity index is 814. The molecule has 0 bridgehead atoms. The second-order valence-corrected chi connectivity index (χ2v) is 6.23. The van der Waals surface area contributed by atoms with E-state index in [9.17, 15) is 0 Å². The van der Waals surface area contributed by atoms with Crippen LogP contribution in [0.4, 0.5) is 0 Å². The molecule has 0 amide bonds. The molecule has 124 valence electrons. The molecule has 3 rings (SSSR count). The van der Waals surface area contributed by atoms with Gasteiger partial charge in [0.05, 0.1) is 6.61 Å². The Kier molecular flexibility index (Phi) is 4.70. The van der Waals surface area contributed by atoms with Crippen molar-refractivity contribution in [2.45, 2.75) is 27.2 Å². The summed E-state index contributed by atoms with van der Waals surface area (Å²) in [7, 11) is 1.98. The van der Waals surface area contributed by atoms with E-state index in [1.807, 2.05) is 11.7 Å².